The van der Waals surface area contributed by atoms with E-state index in [9.17, 15) is 4.39 Å². The lowest BCUT2D eigenvalue weighted by molar-refractivity contribution is -0.910. The van der Waals surface area contributed by atoms with Gasteiger partial charge in [-0.15, -0.1) is 6.58 Å². The summed E-state index contributed by atoms with van der Waals surface area (Å²) in [6, 6.07) is 0. The van der Waals surface area contributed by atoms with Gasteiger partial charge in [0.15, 0.2) is 0 Å². The molecule has 0 N–H and O–H groups in total. The predicted octanol–water partition coefficient (Wildman–Crippen LogP) is -1.43. The summed E-state index contributed by atoms with van der Waals surface area (Å²) in [7, 11) is 5.48. The zero-order valence-corrected chi connectivity index (χ0v) is 8.93. The van der Waals surface area contributed by atoms with E-state index >= 15 is 0 Å². The molecule has 1 nitrogen and oxygen atoms in total. The first-order chi connectivity index (χ1) is 3.98. The van der Waals surface area contributed by atoms with Gasteiger partial charge >= 0.3 is 0 Å². The molecule has 0 aromatic heterocycles. The number of nitrogens with zero attached hydrogens (tertiary/aromatic N) is 1. The standard InChI is InChI=1S/C7H15FN.HI/c1-5-6-7(8)9(2,3)4;/h5,7H,1,6H2,2-4H3;1H/q+1;/p-1. The molecule has 10 heavy (non-hydrogen) atoms. The fourth-order valence-electron chi connectivity index (χ4n) is 0.454. The van der Waals surface area contributed by atoms with E-state index in [2.05, 4.69) is 6.58 Å². The van der Waals surface area contributed by atoms with Crippen molar-refractivity contribution in [2.24, 2.45) is 0 Å². The van der Waals surface area contributed by atoms with Crippen LogP contribution in [0.2, 0.25) is 0 Å². The second-order valence-corrected chi connectivity index (χ2v) is 3.08. The molecule has 0 aliphatic heterocycles. The van der Waals surface area contributed by atoms with E-state index in [1.54, 1.807) is 6.08 Å². The Hall–Kier alpha value is 0.360. The van der Waals surface area contributed by atoms with Gasteiger partial charge in [0.05, 0.1) is 21.1 Å². The number of rotatable bonds is 3. The Labute approximate surface area is 79.5 Å². The molecule has 1 unspecified atom stereocenters. The number of hydrogen-bond donors (Lipinski definition) is 0. The molecule has 0 rings (SSSR count). The normalized spacial score (nSPS) is 13.6. The Bertz CT molecular complexity index is 98.3. The Morgan fingerprint density at radius 3 is 2.00 bits per heavy atom. The van der Waals surface area contributed by atoms with E-state index in [0.717, 1.165) is 0 Å². The molecular formula is C7H15FIN. The van der Waals surface area contributed by atoms with E-state index in [4.69, 9.17) is 0 Å². The maximum atomic E-state index is 12.8. The molecule has 0 spiro atoms. The van der Waals surface area contributed by atoms with Crippen LogP contribution in [0.5, 0.6) is 0 Å². The lowest BCUT2D eigenvalue weighted by Gasteiger charge is -2.27. The third-order valence-corrected chi connectivity index (χ3v) is 1.20. The highest BCUT2D eigenvalue weighted by atomic mass is 127. The Kier molecular flexibility index (Phi) is 6.58. The third kappa shape index (κ3) is 5.17. The van der Waals surface area contributed by atoms with Crippen molar-refractivity contribution in [3.05, 3.63) is 12.7 Å². The highest BCUT2D eigenvalue weighted by molar-refractivity contribution is 4.67. The zero-order valence-electron chi connectivity index (χ0n) is 6.77. The predicted molar refractivity (Wildman–Crippen MR) is 37.7 cm³/mol. The van der Waals surface area contributed by atoms with Crippen LogP contribution in [0.3, 0.4) is 0 Å². The largest absolute Gasteiger partial charge is 1.00 e. The summed E-state index contributed by atoms with van der Waals surface area (Å²) in [5.41, 5.74) is 0. The van der Waals surface area contributed by atoms with Gasteiger partial charge in [-0.1, -0.05) is 6.08 Å². The van der Waals surface area contributed by atoms with Gasteiger partial charge in [-0.05, 0) is 0 Å². The lowest BCUT2D eigenvalue weighted by Crippen LogP contribution is -3.00. The highest BCUT2D eigenvalue weighted by Gasteiger charge is 2.19. The summed E-state index contributed by atoms with van der Waals surface area (Å²) < 4.78 is 13.2. The minimum atomic E-state index is -0.817. The fraction of sp³-hybridized carbons (Fsp3) is 0.714. The van der Waals surface area contributed by atoms with Crippen molar-refractivity contribution >= 4 is 0 Å². The summed E-state index contributed by atoms with van der Waals surface area (Å²) in [5.74, 6) is 0. The zero-order chi connectivity index (χ0) is 7.49. The molecule has 0 heterocycles. The van der Waals surface area contributed by atoms with Crippen molar-refractivity contribution in [2.75, 3.05) is 21.1 Å². The summed E-state index contributed by atoms with van der Waals surface area (Å²) in [6.45, 7) is 3.46. The van der Waals surface area contributed by atoms with Crippen molar-refractivity contribution in [3.8, 4) is 0 Å². The number of halogens is 2. The SMILES string of the molecule is C=CCC(F)[N+](C)(C)C.[I-]. The van der Waals surface area contributed by atoms with Crippen LogP contribution in [-0.2, 0) is 0 Å². The van der Waals surface area contributed by atoms with Crippen molar-refractivity contribution in [3.63, 3.8) is 0 Å². The van der Waals surface area contributed by atoms with E-state index in [1.165, 1.54) is 0 Å². The number of alkyl halides is 1. The van der Waals surface area contributed by atoms with Gasteiger partial charge in [-0.25, -0.2) is 0 Å². The van der Waals surface area contributed by atoms with Gasteiger partial charge in [0.25, 0.3) is 0 Å². The molecule has 0 fully saturated rings. The quantitative estimate of drug-likeness (QED) is 0.252. The third-order valence-electron chi connectivity index (χ3n) is 1.20. The minimum absolute atomic E-state index is 0. The van der Waals surface area contributed by atoms with Crippen LogP contribution in [0.1, 0.15) is 6.42 Å². The van der Waals surface area contributed by atoms with Crippen molar-refractivity contribution < 1.29 is 32.9 Å². The second kappa shape index (κ2) is 5.07. The van der Waals surface area contributed by atoms with E-state index in [1.807, 2.05) is 21.1 Å². The van der Waals surface area contributed by atoms with Crippen LogP contribution < -0.4 is 24.0 Å². The topological polar surface area (TPSA) is 0 Å². The van der Waals surface area contributed by atoms with Crippen molar-refractivity contribution in [1.82, 2.24) is 0 Å². The van der Waals surface area contributed by atoms with Gasteiger partial charge in [-0.2, -0.15) is 4.39 Å². The van der Waals surface area contributed by atoms with Crippen LogP contribution in [0.15, 0.2) is 12.7 Å². The monoisotopic (exact) mass is 259 g/mol. The summed E-state index contributed by atoms with van der Waals surface area (Å²) >= 11 is 0. The molecule has 3 heteroatoms. The maximum Gasteiger partial charge on any atom is 0.234 e. The molecular weight excluding hydrogens is 244 g/mol. The highest BCUT2D eigenvalue weighted by Crippen LogP contribution is 2.08. The molecule has 0 aliphatic rings. The van der Waals surface area contributed by atoms with Crippen LogP contribution in [0, 0.1) is 0 Å². The molecule has 0 aromatic carbocycles. The fourth-order valence-corrected chi connectivity index (χ4v) is 0.454. The molecule has 0 bridgehead atoms. The van der Waals surface area contributed by atoms with Crippen LogP contribution in [0.4, 0.5) is 4.39 Å². The average molecular weight is 259 g/mol. The second-order valence-electron chi connectivity index (χ2n) is 3.08. The van der Waals surface area contributed by atoms with Crippen LogP contribution in [-0.4, -0.2) is 31.9 Å². The van der Waals surface area contributed by atoms with E-state index in [0.29, 0.717) is 10.9 Å². The Morgan fingerprint density at radius 2 is 1.90 bits per heavy atom. The van der Waals surface area contributed by atoms with E-state index < -0.39 is 6.30 Å². The first-order valence-electron chi connectivity index (χ1n) is 3.04. The van der Waals surface area contributed by atoms with Gasteiger partial charge in [0, 0.05) is 6.42 Å². The first kappa shape index (κ1) is 13.0. The number of quaternary nitrogens is 1. The average Bonchev–Trinajstić information content (AvgIpc) is 1.64. The molecule has 0 amide bonds. The summed E-state index contributed by atoms with van der Waals surface area (Å²) in [5, 5.41) is 0. The van der Waals surface area contributed by atoms with Crippen molar-refractivity contribution in [2.45, 2.75) is 12.7 Å². The Balaban J connectivity index is 0. The smallest absolute Gasteiger partial charge is 0.234 e. The summed E-state index contributed by atoms with van der Waals surface area (Å²) in [4.78, 5) is 0. The maximum absolute atomic E-state index is 12.8. The lowest BCUT2D eigenvalue weighted by atomic mass is 10.3. The Morgan fingerprint density at radius 1 is 1.50 bits per heavy atom. The van der Waals surface area contributed by atoms with Crippen molar-refractivity contribution in [1.29, 1.82) is 0 Å². The van der Waals surface area contributed by atoms with Gasteiger partial charge < -0.3 is 28.5 Å². The minimum Gasteiger partial charge on any atom is -1.00 e. The molecule has 0 aliphatic carbocycles. The molecule has 62 valence electrons. The molecule has 0 saturated heterocycles. The van der Waals surface area contributed by atoms with Gasteiger partial charge in [-0.3, -0.25) is 0 Å². The summed E-state index contributed by atoms with van der Waals surface area (Å²) in [6.07, 6.45) is 1.22. The van der Waals surface area contributed by atoms with Gasteiger partial charge in [0.2, 0.25) is 6.30 Å². The van der Waals surface area contributed by atoms with Crippen LogP contribution >= 0.6 is 0 Å². The number of hydrogen-bond acceptors (Lipinski definition) is 0. The van der Waals surface area contributed by atoms with E-state index in [-0.39, 0.29) is 24.0 Å². The first-order valence-corrected chi connectivity index (χ1v) is 3.04. The van der Waals surface area contributed by atoms with Gasteiger partial charge in [0.1, 0.15) is 0 Å². The molecule has 0 aromatic rings. The van der Waals surface area contributed by atoms with Crippen LogP contribution in [0.25, 0.3) is 0 Å². The molecule has 0 saturated carbocycles. The molecule has 0 radical (unpaired) electrons. The molecule has 1 atom stereocenters.